The molecular weight excluding hydrogens is 146 g/mol. The van der Waals surface area contributed by atoms with Gasteiger partial charge in [0.05, 0.1) is 31.1 Å². The fourth-order valence-electron chi connectivity index (χ4n) is 0.827. The van der Waals surface area contributed by atoms with Gasteiger partial charge in [0.2, 0.25) is 0 Å². The van der Waals surface area contributed by atoms with Crippen molar-refractivity contribution >= 4 is 0 Å². The van der Waals surface area contributed by atoms with E-state index in [9.17, 15) is 0 Å². The van der Waals surface area contributed by atoms with Crippen molar-refractivity contribution in [2.45, 2.75) is 19.6 Å². The second-order valence-corrected chi connectivity index (χ2v) is 2.36. The summed E-state index contributed by atoms with van der Waals surface area (Å²) in [5.74, 6) is 0. The van der Waals surface area contributed by atoms with E-state index in [1.54, 1.807) is 6.92 Å². The molecule has 62 valence electrons. The van der Waals surface area contributed by atoms with Crippen molar-refractivity contribution in [2.24, 2.45) is 0 Å². The molecule has 5 heteroatoms. The molecule has 0 aliphatic heterocycles. The number of hydrogen-bond acceptors (Lipinski definition) is 4. The Balaban J connectivity index is 2.83. The second kappa shape index (κ2) is 3.45. The summed E-state index contributed by atoms with van der Waals surface area (Å²) in [7, 11) is 0. The van der Waals surface area contributed by atoms with Gasteiger partial charge in [-0.2, -0.15) is 0 Å². The molecule has 1 heterocycles. The van der Waals surface area contributed by atoms with E-state index in [2.05, 4.69) is 10.3 Å². The van der Waals surface area contributed by atoms with E-state index >= 15 is 0 Å². The molecule has 0 saturated carbocycles. The van der Waals surface area contributed by atoms with Crippen LogP contribution in [-0.2, 0) is 6.61 Å². The lowest BCUT2D eigenvalue weighted by molar-refractivity contribution is 0.211. The van der Waals surface area contributed by atoms with Crippen LogP contribution in [0.4, 0.5) is 0 Å². The first-order valence-corrected chi connectivity index (χ1v) is 3.40. The van der Waals surface area contributed by atoms with Crippen LogP contribution in [-0.4, -0.2) is 31.8 Å². The molecule has 0 radical (unpaired) electrons. The van der Waals surface area contributed by atoms with Crippen LogP contribution in [0.2, 0.25) is 0 Å². The van der Waals surface area contributed by atoms with E-state index in [1.165, 1.54) is 10.9 Å². The van der Waals surface area contributed by atoms with Gasteiger partial charge in [-0.3, -0.25) is 0 Å². The number of rotatable bonds is 3. The summed E-state index contributed by atoms with van der Waals surface area (Å²) in [6.45, 7) is 1.70. The van der Waals surface area contributed by atoms with Crippen molar-refractivity contribution in [3.05, 3.63) is 11.9 Å². The Morgan fingerprint density at radius 1 is 1.64 bits per heavy atom. The molecule has 1 rings (SSSR count). The average Bonchev–Trinajstić information content (AvgIpc) is 2.50. The largest absolute Gasteiger partial charge is 0.394 e. The highest BCUT2D eigenvalue weighted by molar-refractivity contribution is 4.92. The van der Waals surface area contributed by atoms with Crippen LogP contribution in [0.1, 0.15) is 18.7 Å². The molecule has 1 aromatic rings. The molecule has 11 heavy (non-hydrogen) atoms. The summed E-state index contributed by atoms with van der Waals surface area (Å²) in [4.78, 5) is 0. The maximum atomic E-state index is 8.77. The van der Waals surface area contributed by atoms with Crippen LogP contribution in [0.25, 0.3) is 0 Å². The van der Waals surface area contributed by atoms with Crippen LogP contribution < -0.4 is 0 Å². The highest BCUT2D eigenvalue weighted by Gasteiger charge is 2.08. The van der Waals surface area contributed by atoms with Gasteiger partial charge < -0.3 is 10.2 Å². The minimum atomic E-state index is -0.125. The molecule has 5 nitrogen and oxygen atoms in total. The quantitative estimate of drug-likeness (QED) is 0.610. The zero-order valence-electron chi connectivity index (χ0n) is 6.30. The third-order valence-corrected chi connectivity index (χ3v) is 1.49. The number of hydrogen-bond donors (Lipinski definition) is 2. The van der Waals surface area contributed by atoms with Crippen LogP contribution in [0.15, 0.2) is 6.20 Å². The molecule has 0 aliphatic rings. The van der Waals surface area contributed by atoms with E-state index in [0.29, 0.717) is 5.69 Å². The summed E-state index contributed by atoms with van der Waals surface area (Å²) >= 11 is 0. The fourth-order valence-corrected chi connectivity index (χ4v) is 0.827. The van der Waals surface area contributed by atoms with Crippen LogP contribution in [0, 0.1) is 0 Å². The predicted molar refractivity (Wildman–Crippen MR) is 37.7 cm³/mol. The average molecular weight is 157 g/mol. The minimum absolute atomic E-state index is 0.00361. The first kappa shape index (κ1) is 8.16. The molecule has 0 amide bonds. The van der Waals surface area contributed by atoms with Crippen LogP contribution in [0.3, 0.4) is 0 Å². The molecule has 0 spiro atoms. The first-order valence-electron chi connectivity index (χ1n) is 3.40. The molecule has 0 fully saturated rings. The molecule has 0 saturated heterocycles. The summed E-state index contributed by atoms with van der Waals surface area (Å²) < 4.78 is 1.50. The van der Waals surface area contributed by atoms with Crippen molar-refractivity contribution in [1.29, 1.82) is 0 Å². The SMILES string of the molecule is CC(CO)n1nncc1CO. The fraction of sp³-hybridized carbons (Fsp3) is 0.667. The number of aliphatic hydroxyl groups is 2. The van der Waals surface area contributed by atoms with Gasteiger partial charge >= 0.3 is 0 Å². The minimum Gasteiger partial charge on any atom is -0.394 e. The molecule has 0 aromatic carbocycles. The van der Waals surface area contributed by atoms with Gasteiger partial charge in [-0.05, 0) is 6.92 Å². The molecule has 0 bridgehead atoms. The van der Waals surface area contributed by atoms with Gasteiger partial charge in [0.25, 0.3) is 0 Å². The maximum absolute atomic E-state index is 8.77. The van der Waals surface area contributed by atoms with E-state index in [0.717, 1.165) is 0 Å². The molecule has 1 atom stereocenters. The molecule has 1 aromatic heterocycles. The van der Waals surface area contributed by atoms with E-state index < -0.39 is 0 Å². The third-order valence-electron chi connectivity index (χ3n) is 1.49. The Kier molecular flexibility index (Phi) is 2.56. The molecule has 0 aliphatic carbocycles. The maximum Gasteiger partial charge on any atom is 0.0866 e. The number of aromatic nitrogens is 3. The summed E-state index contributed by atoms with van der Waals surface area (Å²) in [5, 5.41) is 24.8. The Bertz CT molecular complexity index is 223. The highest BCUT2D eigenvalue weighted by Crippen LogP contribution is 2.05. The molecule has 2 N–H and O–H groups in total. The summed E-state index contributed by atoms with van der Waals surface area (Å²) in [5.41, 5.74) is 0.617. The normalized spacial score (nSPS) is 13.4. The smallest absolute Gasteiger partial charge is 0.0866 e. The van der Waals surface area contributed by atoms with Crippen molar-refractivity contribution in [1.82, 2.24) is 15.0 Å². The Morgan fingerprint density at radius 3 is 2.91 bits per heavy atom. The van der Waals surface area contributed by atoms with Gasteiger partial charge in [-0.15, -0.1) is 5.10 Å². The van der Waals surface area contributed by atoms with Crippen LogP contribution in [0.5, 0.6) is 0 Å². The summed E-state index contributed by atoms with van der Waals surface area (Å²) in [6.07, 6.45) is 1.48. The Hall–Kier alpha value is -0.940. The van der Waals surface area contributed by atoms with Gasteiger partial charge in [0.1, 0.15) is 0 Å². The van der Waals surface area contributed by atoms with Gasteiger partial charge in [-0.1, -0.05) is 5.21 Å². The first-order chi connectivity index (χ1) is 5.29. The summed E-state index contributed by atoms with van der Waals surface area (Å²) in [6, 6.07) is -0.125. The van der Waals surface area contributed by atoms with Crippen molar-refractivity contribution < 1.29 is 10.2 Å². The standard InChI is InChI=1S/C6H11N3O2/c1-5(3-10)9-6(4-11)2-7-8-9/h2,5,10-11H,3-4H2,1H3. The Morgan fingerprint density at radius 2 is 2.36 bits per heavy atom. The topological polar surface area (TPSA) is 71.2 Å². The number of aliphatic hydroxyl groups excluding tert-OH is 2. The second-order valence-electron chi connectivity index (χ2n) is 2.36. The monoisotopic (exact) mass is 157 g/mol. The van der Waals surface area contributed by atoms with Gasteiger partial charge in [0, 0.05) is 0 Å². The van der Waals surface area contributed by atoms with Gasteiger partial charge in [-0.25, -0.2) is 4.68 Å². The van der Waals surface area contributed by atoms with E-state index in [-0.39, 0.29) is 19.3 Å². The van der Waals surface area contributed by atoms with Crippen molar-refractivity contribution in [2.75, 3.05) is 6.61 Å². The number of nitrogens with zero attached hydrogens (tertiary/aromatic N) is 3. The third kappa shape index (κ3) is 1.55. The van der Waals surface area contributed by atoms with E-state index in [1.807, 2.05) is 0 Å². The van der Waals surface area contributed by atoms with Crippen molar-refractivity contribution in [3.63, 3.8) is 0 Å². The van der Waals surface area contributed by atoms with E-state index in [4.69, 9.17) is 10.2 Å². The lowest BCUT2D eigenvalue weighted by Crippen LogP contribution is -2.13. The lowest BCUT2D eigenvalue weighted by atomic mass is 10.3. The zero-order valence-corrected chi connectivity index (χ0v) is 6.30. The molecule has 1 unspecified atom stereocenters. The predicted octanol–water partition coefficient (Wildman–Crippen LogP) is -0.676. The Labute approximate surface area is 64.3 Å². The van der Waals surface area contributed by atoms with Gasteiger partial charge in [0.15, 0.2) is 0 Å². The highest BCUT2D eigenvalue weighted by atomic mass is 16.3. The lowest BCUT2D eigenvalue weighted by Gasteiger charge is -2.09. The van der Waals surface area contributed by atoms with Crippen LogP contribution >= 0.6 is 0 Å². The zero-order chi connectivity index (χ0) is 8.27. The van der Waals surface area contributed by atoms with Crippen molar-refractivity contribution in [3.8, 4) is 0 Å². The molecular formula is C6H11N3O2.